The fraction of sp³-hybridized carbons (Fsp3) is 1.00. The van der Waals surface area contributed by atoms with Crippen molar-refractivity contribution in [1.29, 1.82) is 0 Å². The first-order valence-electron chi connectivity index (χ1n) is 1.12. The Morgan fingerprint density at radius 1 is 1.75 bits per heavy atom. The van der Waals surface area contributed by atoms with Crippen LogP contribution < -0.4 is 0 Å². The van der Waals surface area contributed by atoms with E-state index in [1.165, 1.54) is 0 Å². The van der Waals surface area contributed by atoms with E-state index < -0.39 is 0 Å². The molecular formula is C2H6BrO+. The third-order valence-electron chi connectivity index (χ3n) is 0.0945. The van der Waals surface area contributed by atoms with Gasteiger partial charge in [-0.15, -0.1) is 0 Å². The minimum Gasteiger partial charge on any atom is -0.445 e. The molecule has 0 aliphatic rings. The monoisotopic (exact) mass is 125 g/mol. The first kappa shape index (κ1) is 4.44. The fourth-order valence-electron chi connectivity index (χ4n) is 0. The molecule has 0 aromatic heterocycles. The van der Waals surface area contributed by atoms with Gasteiger partial charge in [-0.05, 0) is 0 Å². The lowest BCUT2D eigenvalue weighted by molar-refractivity contribution is 0.324. The van der Waals surface area contributed by atoms with Crippen LogP contribution in [0.5, 0.6) is 0 Å². The summed E-state index contributed by atoms with van der Waals surface area (Å²) in [6.07, 6.45) is 0. The number of alkyl halides is 1. The largest absolute Gasteiger partial charge is 0.445 e. The van der Waals surface area contributed by atoms with E-state index in [1.807, 2.05) is 0 Å². The summed E-state index contributed by atoms with van der Waals surface area (Å²) >= 11 is 3.06. The number of hydrogen-bond donors (Lipinski definition) is 0. The van der Waals surface area contributed by atoms with E-state index in [1.54, 1.807) is 0 Å². The van der Waals surface area contributed by atoms with E-state index in [9.17, 15) is 0 Å². The molecule has 4 heavy (non-hydrogen) atoms. The van der Waals surface area contributed by atoms with Crippen LogP contribution >= 0.6 is 15.9 Å². The minimum absolute atomic E-state index is 0.486. The quantitative estimate of drug-likeness (QED) is 0.351. The zero-order chi connectivity index (χ0) is 3.41. The Hall–Kier alpha value is 0.440. The predicted molar refractivity (Wildman–Crippen MR) is 22.3 cm³/mol. The summed E-state index contributed by atoms with van der Waals surface area (Å²) in [5.74, 6) is 0. The van der Waals surface area contributed by atoms with Crippen molar-refractivity contribution in [3.63, 3.8) is 0 Å². The lowest BCUT2D eigenvalue weighted by atomic mass is 10.9. The summed E-state index contributed by atoms with van der Waals surface area (Å²) < 4.78 is 0. The van der Waals surface area contributed by atoms with Crippen molar-refractivity contribution in [1.82, 2.24) is 0 Å². The Balaban J connectivity index is 1.97. The predicted octanol–water partition coefficient (Wildman–Crippen LogP) is 0.106. The average Bonchev–Trinajstić information content (AvgIpc) is 1.37. The van der Waals surface area contributed by atoms with Crippen LogP contribution in [0.25, 0.3) is 0 Å². The number of hydrogen-bond acceptors (Lipinski definition) is 0. The van der Waals surface area contributed by atoms with Gasteiger partial charge >= 0.3 is 0 Å². The molecular weight excluding hydrogens is 120 g/mol. The van der Waals surface area contributed by atoms with Gasteiger partial charge in [0.25, 0.3) is 0 Å². The van der Waals surface area contributed by atoms with Gasteiger partial charge in [0.15, 0.2) is 6.61 Å². The first-order valence-corrected chi connectivity index (χ1v) is 2.24. The second kappa shape index (κ2) is 3.44. The Morgan fingerprint density at radius 3 is 2.00 bits per heavy atom. The molecule has 26 valence electrons. The zero-order valence-electron chi connectivity index (χ0n) is 2.29. The lowest BCUT2D eigenvalue weighted by Crippen LogP contribution is -1.75. The molecule has 0 saturated heterocycles. The Labute approximate surface area is 33.8 Å². The second-order valence-corrected chi connectivity index (χ2v) is 1.23. The first-order chi connectivity index (χ1) is 1.91. The SMILES string of the molecule is [OH2+]CCBr. The second-order valence-electron chi connectivity index (χ2n) is 0.439. The van der Waals surface area contributed by atoms with Crippen LogP contribution in [0.15, 0.2) is 0 Å². The van der Waals surface area contributed by atoms with E-state index in [0.717, 1.165) is 5.33 Å². The summed E-state index contributed by atoms with van der Waals surface area (Å²) in [5, 5.41) is 7.20. The molecule has 2 heteroatoms. The van der Waals surface area contributed by atoms with Crippen molar-refractivity contribution in [2.24, 2.45) is 0 Å². The van der Waals surface area contributed by atoms with E-state index in [-0.39, 0.29) is 0 Å². The summed E-state index contributed by atoms with van der Waals surface area (Å²) in [7, 11) is 0. The maximum atomic E-state index is 6.40. The maximum Gasteiger partial charge on any atom is 0.153 e. The lowest BCUT2D eigenvalue weighted by Gasteiger charge is -1.63. The maximum absolute atomic E-state index is 6.40. The van der Waals surface area contributed by atoms with Crippen LogP contribution in [0.2, 0.25) is 0 Å². The molecule has 0 fully saturated rings. The third-order valence-corrected chi connectivity index (χ3v) is 0.491. The number of halogens is 1. The highest BCUT2D eigenvalue weighted by molar-refractivity contribution is 9.09. The van der Waals surface area contributed by atoms with Gasteiger partial charge in [-0.25, -0.2) is 0 Å². The Morgan fingerprint density at radius 2 is 2.00 bits per heavy atom. The van der Waals surface area contributed by atoms with Gasteiger partial charge in [0.2, 0.25) is 0 Å². The summed E-state index contributed by atoms with van der Waals surface area (Å²) in [6, 6.07) is 0. The standard InChI is InChI=1S/C2H5BrO/c3-1-2-4/h4H,1-2H2/p+1. The van der Waals surface area contributed by atoms with Gasteiger partial charge in [0.05, 0.1) is 5.33 Å². The van der Waals surface area contributed by atoms with Crippen molar-refractivity contribution < 1.29 is 5.11 Å². The van der Waals surface area contributed by atoms with E-state index in [2.05, 4.69) is 15.9 Å². The van der Waals surface area contributed by atoms with Crippen molar-refractivity contribution in [3.8, 4) is 0 Å². The summed E-state index contributed by atoms with van der Waals surface area (Å²) in [6.45, 7) is 0.486. The van der Waals surface area contributed by atoms with Crippen LogP contribution in [0.3, 0.4) is 0 Å². The molecule has 0 bridgehead atoms. The van der Waals surface area contributed by atoms with Crippen LogP contribution in [0.4, 0.5) is 0 Å². The molecule has 1 nitrogen and oxygen atoms in total. The van der Waals surface area contributed by atoms with E-state index in [0.29, 0.717) is 6.61 Å². The van der Waals surface area contributed by atoms with Gasteiger partial charge in [0.1, 0.15) is 0 Å². The van der Waals surface area contributed by atoms with Crippen LogP contribution in [0.1, 0.15) is 0 Å². The molecule has 2 N–H and O–H groups in total. The molecule has 0 saturated carbocycles. The summed E-state index contributed by atoms with van der Waals surface area (Å²) in [5.41, 5.74) is 0. The highest BCUT2D eigenvalue weighted by Gasteiger charge is 1.64. The molecule has 0 aliphatic heterocycles. The van der Waals surface area contributed by atoms with Crippen molar-refractivity contribution in [2.75, 3.05) is 11.9 Å². The van der Waals surface area contributed by atoms with Crippen LogP contribution in [-0.4, -0.2) is 17.0 Å². The van der Waals surface area contributed by atoms with Crippen molar-refractivity contribution >= 4 is 15.9 Å². The minimum atomic E-state index is 0.486. The van der Waals surface area contributed by atoms with Gasteiger partial charge in [-0.2, -0.15) is 0 Å². The molecule has 0 unspecified atom stereocenters. The molecule has 0 aromatic carbocycles. The molecule has 0 aliphatic carbocycles. The molecule has 0 aromatic rings. The van der Waals surface area contributed by atoms with Crippen molar-refractivity contribution in [3.05, 3.63) is 0 Å². The Kier molecular flexibility index (Phi) is 3.82. The van der Waals surface area contributed by atoms with E-state index >= 15 is 0 Å². The zero-order valence-corrected chi connectivity index (χ0v) is 3.88. The van der Waals surface area contributed by atoms with Crippen molar-refractivity contribution in [2.45, 2.75) is 0 Å². The van der Waals surface area contributed by atoms with Gasteiger partial charge in [-0.1, -0.05) is 15.9 Å². The smallest absolute Gasteiger partial charge is 0.153 e. The van der Waals surface area contributed by atoms with Gasteiger partial charge in [0, 0.05) is 0 Å². The van der Waals surface area contributed by atoms with Gasteiger partial charge in [-0.3, -0.25) is 0 Å². The fourth-order valence-corrected chi connectivity index (χ4v) is 0. The molecule has 0 rings (SSSR count). The average molecular weight is 126 g/mol. The molecule has 0 atom stereocenters. The molecule has 0 spiro atoms. The molecule has 0 radical (unpaired) electrons. The highest BCUT2D eigenvalue weighted by atomic mass is 79.9. The van der Waals surface area contributed by atoms with E-state index in [4.69, 9.17) is 5.11 Å². The molecule has 0 heterocycles. The summed E-state index contributed by atoms with van der Waals surface area (Å²) in [4.78, 5) is 0. The normalized spacial score (nSPS) is 7.50. The molecule has 0 amide bonds. The highest BCUT2D eigenvalue weighted by Crippen LogP contribution is 1.69. The van der Waals surface area contributed by atoms with Crippen LogP contribution in [-0.2, 0) is 0 Å². The van der Waals surface area contributed by atoms with Crippen LogP contribution in [0, 0.1) is 0 Å². The number of rotatable bonds is 1. The third kappa shape index (κ3) is 2.44. The van der Waals surface area contributed by atoms with Gasteiger partial charge < -0.3 is 5.11 Å². The topological polar surface area (TPSA) is 22.9 Å². The Bertz CT molecular complexity index is 8.00.